The van der Waals surface area contributed by atoms with Crippen molar-refractivity contribution in [3.63, 3.8) is 0 Å². The van der Waals surface area contributed by atoms with Gasteiger partial charge in [0.25, 0.3) is 5.91 Å². The van der Waals surface area contributed by atoms with Gasteiger partial charge < -0.3 is 10.6 Å². The molecule has 1 aromatic carbocycles. The van der Waals surface area contributed by atoms with Gasteiger partial charge in [-0.1, -0.05) is 0 Å². The lowest BCUT2D eigenvalue weighted by Crippen LogP contribution is -2.42. The fourth-order valence-electron chi connectivity index (χ4n) is 2.91. The van der Waals surface area contributed by atoms with Crippen molar-refractivity contribution >= 4 is 39.7 Å². The summed E-state index contributed by atoms with van der Waals surface area (Å²) < 4.78 is 1.23. The summed E-state index contributed by atoms with van der Waals surface area (Å²) in [6.45, 7) is 3.71. The van der Waals surface area contributed by atoms with Crippen molar-refractivity contribution in [2.24, 2.45) is 11.7 Å². The van der Waals surface area contributed by atoms with Gasteiger partial charge in [-0.25, -0.2) is 0 Å². The standard InChI is InChI=1S/C16H20N2OS.ClH/c1-11(17)12-4-7-18(8-5-12)16(19)14-2-3-15-13(10-14)6-9-20-15;/h2-3,6,9-12H,4-5,7-8,17H2,1H3;1H. The van der Waals surface area contributed by atoms with E-state index in [1.54, 1.807) is 11.3 Å². The first-order chi connectivity index (χ1) is 9.65. The predicted octanol–water partition coefficient (Wildman–Crippen LogP) is 3.52. The van der Waals surface area contributed by atoms with Gasteiger partial charge in [-0.15, -0.1) is 23.7 Å². The van der Waals surface area contributed by atoms with Crippen LogP contribution < -0.4 is 5.73 Å². The molecule has 1 fully saturated rings. The monoisotopic (exact) mass is 324 g/mol. The van der Waals surface area contributed by atoms with Gasteiger partial charge in [0.1, 0.15) is 0 Å². The molecule has 2 heterocycles. The third kappa shape index (κ3) is 3.39. The van der Waals surface area contributed by atoms with Gasteiger partial charge in [0.2, 0.25) is 0 Å². The van der Waals surface area contributed by atoms with E-state index in [1.165, 1.54) is 4.70 Å². The second kappa shape index (κ2) is 6.77. The molecular formula is C16H21ClN2OS. The fraction of sp³-hybridized carbons (Fsp3) is 0.438. The Morgan fingerprint density at radius 3 is 2.71 bits per heavy atom. The Balaban J connectivity index is 0.00000161. The van der Waals surface area contributed by atoms with Crippen molar-refractivity contribution in [1.82, 2.24) is 4.90 Å². The molecule has 1 saturated heterocycles. The summed E-state index contributed by atoms with van der Waals surface area (Å²) in [5.41, 5.74) is 6.75. The number of carbonyl (C=O) groups is 1. The van der Waals surface area contributed by atoms with Gasteiger partial charge in [-0.3, -0.25) is 4.79 Å². The van der Waals surface area contributed by atoms with Crippen molar-refractivity contribution in [1.29, 1.82) is 0 Å². The molecular weight excluding hydrogens is 304 g/mol. The van der Waals surface area contributed by atoms with Gasteiger partial charge in [0.15, 0.2) is 0 Å². The molecule has 114 valence electrons. The third-order valence-corrected chi connectivity index (χ3v) is 5.17. The molecule has 0 bridgehead atoms. The molecule has 3 rings (SSSR count). The first kappa shape index (κ1) is 16.3. The third-order valence-electron chi connectivity index (χ3n) is 4.27. The molecule has 1 unspecified atom stereocenters. The van der Waals surface area contributed by atoms with Gasteiger partial charge in [0, 0.05) is 29.4 Å². The molecule has 0 aliphatic carbocycles. The van der Waals surface area contributed by atoms with Crippen LogP contribution in [0.3, 0.4) is 0 Å². The number of halogens is 1. The molecule has 1 aromatic heterocycles. The number of thiophene rings is 1. The zero-order valence-electron chi connectivity index (χ0n) is 12.1. The number of hydrogen-bond acceptors (Lipinski definition) is 3. The van der Waals surface area contributed by atoms with E-state index in [0.29, 0.717) is 5.92 Å². The lowest BCUT2D eigenvalue weighted by Gasteiger charge is -2.33. The van der Waals surface area contributed by atoms with Gasteiger partial charge in [-0.05, 0) is 60.7 Å². The zero-order chi connectivity index (χ0) is 14.1. The molecule has 1 aliphatic rings. The Bertz CT molecular complexity index is 618. The number of fused-ring (bicyclic) bond motifs is 1. The lowest BCUT2D eigenvalue weighted by atomic mass is 9.90. The van der Waals surface area contributed by atoms with Gasteiger partial charge in [0.05, 0.1) is 0 Å². The normalized spacial score (nSPS) is 17.5. The fourth-order valence-corrected chi connectivity index (χ4v) is 3.68. The minimum absolute atomic E-state index is 0. The number of piperidine rings is 1. The van der Waals surface area contributed by atoms with Crippen LogP contribution in [0.15, 0.2) is 29.6 Å². The van der Waals surface area contributed by atoms with Crippen molar-refractivity contribution in [2.75, 3.05) is 13.1 Å². The maximum Gasteiger partial charge on any atom is 0.253 e. The number of rotatable bonds is 2. The number of hydrogen-bond donors (Lipinski definition) is 1. The highest BCUT2D eigenvalue weighted by atomic mass is 35.5. The lowest BCUT2D eigenvalue weighted by molar-refractivity contribution is 0.0681. The Labute approximate surface area is 135 Å². The van der Waals surface area contributed by atoms with E-state index in [4.69, 9.17) is 5.73 Å². The Hall–Kier alpha value is -1.10. The summed E-state index contributed by atoms with van der Waals surface area (Å²) in [6.07, 6.45) is 2.04. The van der Waals surface area contributed by atoms with Crippen molar-refractivity contribution in [3.05, 3.63) is 35.2 Å². The topological polar surface area (TPSA) is 46.3 Å². The minimum atomic E-state index is 0. The van der Waals surface area contributed by atoms with Crippen LogP contribution in [-0.2, 0) is 0 Å². The molecule has 5 heteroatoms. The maximum absolute atomic E-state index is 12.5. The van der Waals surface area contributed by atoms with E-state index in [9.17, 15) is 4.79 Å². The predicted molar refractivity (Wildman–Crippen MR) is 91.3 cm³/mol. The van der Waals surface area contributed by atoms with E-state index in [0.717, 1.165) is 36.9 Å². The smallest absolute Gasteiger partial charge is 0.253 e. The van der Waals surface area contributed by atoms with E-state index >= 15 is 0 Å². The highest BCUT2D eigenvalue weighted by Gasteiger charge is 2.25. The van der Waals surface area contributed by atoms with Crippen molar-refractivity contribution < 1.29 is 4.79 Å². The molecule has 2 N–H and O–H groups in total. The number of carbonyl (C=O) groups excluding carboxylic acids is 1. The molecule has 1 amide bonds. The number of likely N-dealkylation sites (tertiary alicyclic amines) is 1. The number of amides is 1. The first-order valence-electron chi connectivity index (χ1n) is 7.17. The van der Waals surface area contributed by atoms with Crippen LogP contribution in [-0.4, -0.2) is 29.9 Å². The van der Waals surface area contributed by atoms with Gasteiger partial charge in [-0.2, -0.15) is 0 Å². The Kier molecular flexibility index (Phi) is 5.25. The summed E-state index contributed by atoms with van der Waals surface area (Å²) in [7, 11) is 0. The summed E-state index contributed by atoms with van der Waals surface area (Å²) >= 11 is 1.71. The molecule has 0 spiro atoms. The number of nitrogens with two attached hydrogens (primary N) is 1. The molecule has 0 radical (unpaired) electrons. The van der Waals surface area contributed by atoms with Crippen LogP contribution in [0.4, 0.5) is 0 Å². The van der Waals surface area contributed by atoms with E-state index < -0.39 is 0 Å². The number of nitrogens with zero attached hydrogens (tertiary/aromatic N) is 1. The maximum atomic E-state index is 12.5. The van der Waals surface area contributed by atoms with Crippen LogP contribution >= 0.6 is 23.7 Å². The highest BCUT2D eigenvalue weighted by molar-refractivity contribution is 7.17. The average molecular weight is 325 g/mol. The molecule has 2 aromatic rings. The van der Waals surface area contributed by atoms with Crippen molar-refractivity contribution in [2.45, 2.75) is 25.8 Å². The van der Waals surface area contributed by atoms with E-state index in [2.05, 4.69) is 18.4 Å². The average Bonchev–Trinajstić information content (AvgIpc) is 2.94. The van der Waals surface area contributed by atoms with E-state index in [-0.39, 0.29) is 24.4 Å². The Morgan fingerprint density at radius 1 is 1.33 bits per heavy atom. The summed E-state index contributed by atoms with van der Waals surface area (Å²) in [5, 5.41) is 3.22. The molecule has 21 heavy (non-hydrogen) atoms. The van der Waals surface area contributed by atoms with Crippen molar-refractivity contribution in [3.8, 4) is 0 Å². The van der Waals surface area contributed by atoms with Crippen LogP contribution in [0.5, 0.6) is 0 Å². The molecule has 0 saturated carbocycles. The summed E-state index contributed by atoms with van der Waals surface area (Å²) in [6, 6.07) is 8.29. The van der Waals surface area contributed by atoms with Crippen LogP contribution in [0.2, 0.25) is 0 Å². The van der Waals surface area contributed by atoms with Crippen LogP contribution in [0.25, 0.3) is 10.1 Å². The van der Waals surface area contributed by atoms with E-state index in [1.807, 2.05) is 23.1 Å². The van der Waals surface area contributed by atoms with Crippen LogP contribution in [0.1, 0.15) is 30.1 Å². The highest BCUT2D eigenvalue weighted by Crippen LogP contribution is 2.24. The number of benzene rings is 1. The molecule has 1 aliphatic heterocycles. The minimum Gasteiger partial charge on any atom is -0.339 e. The SMILES string of the molecule is CC(N)C1CCN(C(=O)c2ccc3sccc3c2)CC1.Cl. The molecule has 3 nitrogen and oxygen atoms in total. The van der Waals surface area contributed by atoms with Gasteiger partial charge >= 0.3 is 0 Å². The second-order valence-electron chi connectivity index (χ2n) is 5.66. The Morgan fingerprint density at radius 2 is 2.05 bits per heavy atom. The quantitative estimate of drug-likeness (QED) is 0.918. The summed E-state index contributed by atoms with van der Waals surface area (Å²) in [5.74, 6) is 0.708. The largest absolute Gasteiger partial charge is 0.339 e. The second-order valence-corrected chi connectivity index (χ2v) is 6.61. The first-order valence-corrected chi connectivity index (χ1v) is 8.05. The van der Waals surface area contributed by atoms with Crippen LogP contribution in [0, 0.1) is 5.92 Å². The summed E-state index contributed by atoms with van der Waals surface area (Å²) in [4.78, 5) is 14.5. The molecule has 1 atom stereocenters. The zero-order valence-corrected chi connectivity index (χ0v) is 13.8.